The zero-order chi connectivity index (χ0) is 27.7. The first-order chi connectivity index (χ1) is 18.7. The third kappa shape index (κ3) is 5.34. The Labute approximate surface area is 224 Å². The van der Waals surface area contributed by atoms with Crippen LogP contribution in [0.2, 0.25) is 5.02 Å². The molecule has 6 nitrogen and oxygen atoms in total. The molecule has 39 heavy (non-hydrogen) atoms. The minimum atomic E-state index is -4.61. The van der Waals surface area contributed by atoms with Crippen molar-refractivity contribution in [2.75, 3.05) is 6.61 Å². The van der Waals surface area contributed by atoms with E-state index in [0.29, 0.717) is 32.9 Å². The first-order valence-corrected chi connectivity index (χ1v) is 12.0. The van der Waals surface area contributed by atoms with Gasteiger partial charge in [-0.3, -0.25) is 9.78 Å². The zero-order valence-electron chi connectivity index (χ0n) is 20.0. The number of nitrogens with one attached hydrogen (secondary N) is 1. The molecule has 0 aliphatic rings. The van der Waals surface area contributed by atoms with Gasteiger partial charge < -0.3 is 10.4 Å². The summed E-state index contributed by atoms with van der Waals surface area (Å²) in [5.41, 5.74) is 1.62. The van der Waals surface area contributed by atoms with Crippen LogP contribution < -0.4 is 5.32 Å². The van der Waals surface area contributed by atoms with Gasteiger partial charge in [-0.25, -0.2) is 9.07 Å². The van der Waals surface area contributed by atoms with Crippen molar-refractivity contribution < 1.29 is 27.5 Å². The van der Waals surface area contributed by atoms with E-state index in [-0.39, 0.29) is 11.1 Å². The Balaban J connectivity index is 1.53. The van der Waals surface area contributed by atoms with Gasteiger partial charge in [0.25, 0.3) is 5.91 Å². The summed E-state index contributed by atoms with van der Waals surface area (Å²) < 4.78 is 53.7. The van der Waals surface area contributed by atoms with Crippen molar-refractivity contribution in [2.45, 2.75) is 12.2 Å². The summed E-state index contributed by atoms with van der Waals surface area (Å²) in [6.45, 7) is -0.564. The average Bonchev–Trinajstić information content (AvgIpc) is 3.30. The fourth-order valence-electron chi connectivity index (χ4n) is 4.14. The third-order valence-corrected chi connectivity index (χ3v) is 6.44. The molecule has 2 heterocycles. The Morgan fingerprint density at radius 1 is 1.03 bits per heavy atom. The predicted molar refractivity (Wildman–Crippen MR) is 138 cm³/mol. The van der Waals surface area contributed by atoms with Crippen molar-refractivity contribution in [1.82, 2.24) is 20.1 Å². The number of benzene rings is 3. The molecule has 198 valence electrons. The summed E-state index contributed by atoms with van der Waals surface area (Å²) in [6, 6.07) is 18.6. The van der Waals surface area contributed by atoms with E-state index in [0.717, 1.165) is 18.3 Å². The number of hydrogen-bond donors (Lipinski definition) is 2. The number of aromatic nitrogens is 3. The van der Waals surface area contributed by atoms with E-state index >= 15 is 0 Å². The van der Waals surface area contributed by atoms with Crippen LogP contribution in [0.3, 0.4) is 0 Å². The number of hydrogen-bond acceptors (Lipinski definition) is 4. The molecule has 11 heteroatoms. The van der Waals surface area contributed by atoms with Crippen LogP contribution in [0.5, 0.6) is 0 Å². The summed E-state index contributed by atoms with van der Waals surface area (Å²) in [4.78, 5) is 16.6. The number of rotatable bonds is 6. The molecule has 1 unspecified atom stereocenters. The molecule has 2 aromatic heterocycles. The molecule has 2 N–H and O–H groups in total. The van der Waals surface area contributed by atoms with Crippen LogP contribution in [0.25, 0.3) is 27.8 Å². The van der Waals surface area contributed by atoms with Crippen LogP contribution in [0.15, 0.2) is 85.1 Å². The number of pyridine rings is 1. The molecular formula is C28H19ClF4N4O2. The second-order valence-electron chi connectivity index (χ2n) is 8.63. The number of nitrogens with zero attached hydrogens (tertiary/aromatic N) is 3. The van der Waals surface area contributed by atoms with E-state index in [1.807, 2.05) is 12.1 Å². The van der Waals surface area contributed by atoms with Crippen LogP contribution in [0.1, 0.15) is 27.7 Å². The van der Waals surface area contributed by atoms with Gasteiger partial charge in [-0.15, -0.1) is 0 Å². The van der Waals surface area contributed by atoms with Gasteiger partial charge in [-0.2, -0.15) is 18.3 Å². The molecule has 5 aromatic rings. The van der Waals surface area contributed by atoms with E-state index < -0.39 is 36.2 Å². The Hall–Kier alpha value is -4.28. The highest BCUT2D eigenvalue weighted by molar-refractivity contribution is 6.33. The third-order valence-electron chi connectivity index (χ3n) is 6.11. The van der Waals surface area contributed by atoms with Crippen molar-refractivity contribution in [1.29, 1.82) is 0 Å². The normalized spacial score (nSPS) is 12.5. The van der Waals surface area contributed by atoms with Gasteiger partial charge >= 0.3 is 6.18 Å². The monoisotopic (exact) mass is 554 g/mol. The number of amides is 1. The van der Waals surface area contributed by atoms with E-state index in [2.05, 4.69) is 10.3 Å². The quantitative estimate of drug-likeness (QED) is 0.239. The number of fused-ring (bicyclic) bond motifs is 1. The van der Waals surface area contributed by atoms with Gasteiger partial charge in [0, 0.05) is 22.7 Å². The van der Waals surface area contributed by atoms with Gasteiger partial charge in [-0.05, 0) is 60.2 Å². The fourth-order valence-corrected chi connectivity index (χ4v) is 4.37. The number of carbonyl (C=O) groups excluding carboxylic acids is 1. The van der Waals surface area contributed by atoms with Crippen LogP contribution in [0, 0.1) is 5.82 Å². The van der Waals surface area contributed by atoms with Gasteiger partial charge in [0.1, 0.15) is 17.2 Å². The van der Waals surface area contributed by atoms with Gasteiger partial charge in [0.05, 0.1) is 28.9 Å². The van der Waals surface area contributed by atoms with Crippen molar-refractivity contribution in [3.05, 3.63) is 113 Å². The molecule has 0 aliphatic carbocycles. The Morgan fingerprint density at radius 2 is 1.77 bits per heavy atom. The standard InChI is InChI=1S/C28H19ClF4N4O2/c29-22-4-2-1-3-20(22)26-21-11-5-16(13-24(21)37(36-26)19-9-7-18(30)8-10-19)27(39)35-23(15-38)17-6-12-25(34-14-17)28(31,32)33/h1-14,23,38H,15H2,(H,35,39). The maximum absolute atomic E-state index is 13.6. The topological polar surface area (TPSA) is 80.0 Å². The molecule has 0 saturated carbocycles. The molecule has 0 aliphatic heterocycles. The molecule has 1 amide bonds. The summed E-state index contributed by atoms with van der Waals surface area (Å²) in [7, 11) is 0. The Morgan fingerprint density at radius 3 is 2.41 bits per heavy atom. The fraction of sp³-hybridized carbons (Fsp3) is 0.107. The molecule has 5 rings (SSSR count). The van der Waals surface area contributed by atoms with Crippen molar-refractivity contribution in [2.24, 2.45) is 0 Å². The second kappa shape index (κ2) is 10.5. The SMILES string of the molecule is O=C(NC(CO)c1ccc(C(F)(F)F)nc1)c1ccc2c(-c3ccccc3Cl)nn(-c3ccc(F)cc3)c2c1. The highest BCUT2D eigenvalue weighted by atomic mass is 35.5. The number of alkyl halides is 3. The van der Waals surface area contributed by atoms with E-state index in [1.165, 1.54) is 12.1 Å². The molecule has 0 spiro atoms. The highest BCUT2D eigenvalue weighted by Crippen LogP contribution is 2.34. The first-order valence-electron chi connectivity index (χ1n) is 11.6. The summed E-state index contributed by atoms with van der Waals surface area (Å²) in [5.74, 6) is -1.00. The van der Waals surface area contributed by atoms with E-state index in [4.69, 9.17) is 16.7 Å². The number of aliphatic hydroxyl groups is 1. The molecule has 0 radical (unpaired) electrons. The van der Waals surface area contributed by atoms with Gasteiger partial charge in [0.15, 0.2) is 0 Å². The maximum atomic E-state index is 13.6. The van der Waals surface area contributed by atoms with Crippen LogP contribution in [-0.2, 0) is 6.18 Å². The Kier molecular flexibility index (Phi) is 7.07. The molecule has 0 fully saturated rings. The molecular weight excluding hydrogens is 536 g/mol. The van der Waals surface area contributed by atoms with Crippen molar-refractivity contribution in [3.8, 4) is 16.9 Å². The van der Waals surface area contributed by atoms with Crippen molar-refractivity contribution in [3.63, 3.8) is 0 Å². The number of carbonyl (C=O) groups is 1. The lowest BCUT2D eigenvalue weighted by Crippen LogP contribution is -2.31. The lowest BCUT2D eigenvalue weighted by Gasteiger charge is -2.17. The van der Waals surface area contributed by atoms with E-state index in [1.54, 1.807) is 47.1 Å². The Bertz CT molecular complexity index is 1650. The molecule has 1 atom stereocenters. The molecule has 3 aromatic carbocycles. The maximum Gasteiger partial charge on any atom is 0.433 e. The van der Waals surface area contributed by atoms with E-state index in [9.17, 15) is 27.5 Å². The number of halogens is 5. The lowest BCUT2D eigenvalue weighted by atomic mass is 10.0. The summed E-state index contributed by atoms with van der Waals surface area (Å²) >= 11 is 6.43. The second-order valence-corrected chi connectivity index (χ2v) is 9.04. The van der Waals surface area contributed by atoms with Gasteiger partial charge in [0.2, 0.25) is 0 Å². The predicted octanol–water partition coefficient (Wildman–Crippen LogP) is 6.36. The average molecular weight is 555 g/mol. The summed E-state index contributed by atoms with van der Waals surface area (Å²) in [5, 5.41) is 18.3. The summed E-state index contributed by atoms with van der Waals surface area (Å²) in [6.07, 6.45) is -3.64. The minimum absolute atomic E-state index is 0.204. The zero-order valence-corrected chi connectivity index (χ0v) is 20.7. The van der Waals surface area contributed by atoms with Crippen LogP contribution in [-0.4, -0.2) is 32.4 Å². The van der Waals surface area contributed by atoms with Gasteiger partial charge in [-0.1, -0.05) is 35.9 Å². The molecule has 0 saturated heterocycles. The van der Waals surface area contributed by atoms with Crippen molar-refractivity contribution >= 4 is 28.4 Å². The minimum Gasteiger partial charge on any atom is -0.394 e. The number of aliphatic hydroxyl groups excluding tert-OH is 1. The smallest absolute Gasteiger partial charge is 0.394 e. The van der Waals surface area contributed by atoms with Crippen LogP contribution in [0.4, 0.5) is 17.6 Å². The lowest BCUT2D eigenvalue weighted by molar-refractivity contribution is -0.141. The first kappa shape index (κ1) is 26.3. The molecule has 0 bridgehead atoms. The van der Waals surface area contributed by atoms with Crippen LogP contribution >= 0.6 is 11.6 Å². The highest BCUT2D eigenvalue weighted by Gasteiger charge is 2.32. The largest absolute Gasteiger partial charge is 0.433 e.